The maximum Gasteiger partial charge on any atom is 0.573 e. The summed E-state index contributed by atoms with van der Waals surface area (Å²) in [5, 5.41) is 9.02. The van der Waals surface area contributed by atoms with E-state index >= 15 is 0 Å². The first kappa shape index (κ1) is 19.0. The minimum Gasteiger partial charge on any atom is -0.479 e. The Kier molecular flexibility index (Phi) is 5.89. The summed E-state index contributed by atoms with van der Waals surface area (Å²) >= 11 is 0. The fourth-order valence-corrected chi connectivity index (χ4v) is 2.63. The zero-order valence-electron chi connectivity index (χ0n) is 13.5. The number of aliphatic carboxylic acids is 1. The molecular weight excluding hydrogens is 343 g/mol. The highest BCUT2D eigenvalue weighted by Gasteiger charge is 2.33. The Balaban J connectivity index is 1.99. The van der Waals surface area contributed by atoms with Gasteiger partial charge in [0.05, 0.1) is 12.6 Å². The van der Waals surface area contributed by atoms with E-state index in [9.17, 15) is 22.8 Å². The SMILES string of the molecule is C[C@@H]1CN(C(=O)CCc2ccccc2OC(F)(F)F)CC(C(=O)O)O1. The Bertz CT molecular complexity index is 634. The van der Waals surface area contributed by atoms with Gasteiger partial charge in [-0.15, -0.1) is 13.2 Å². The summed E-state index contributed by atoms with van der Waals surface area (Å²) in [6, 6.07) is 5.61. The molecule has 1 fully saturated rings. The fraction of sp³-hybridized carbons (Fsp3) is 0.500. The third-order valence-electron chi connectivity index (χ3n) is 3.69. The van der Waals surface area contributed by atoms with Gasteiger partial charge in [-0.3, -0.25) is 4.79 Å². The first-order chi connectivity index (χ1) is 11.7. The number of alkyl halides is 3. The third-order valence-corrected chi connectivity index (χ3v) is 3.69. The summed E-state index contributed by atoms with van der Waals surface area (Å²) in [4.78, 5) is 24.7. The number of aryl methyl sites for hydroxylation is 1. The number of hydrogen-bond donors (Lipinski definition) is 1. The summed E-state index contributed by atoms with van der Waals surface area (Å²) in [6.07, 6.45) is -6.35. The number of carboxylic acids is 1. The van der Waals surface area contributed by atoms with Crippen LogP contribution < -0.4 is 4.74 Å². The predicted octanol–water partition coefficient (Wildman–Crippen LogP) is 2.22. The van der Waals surface area contributed by atoms with Crippen LogP contribution in [0, 0.1) is 0 Å². The maximum absolute atomic E-state index is 12.4. The van der Waals surface area contributed by atoms with Gasteiger partial charge in [0, 0.05) is 13.0 Å². The van der Waals surface area contributed by atoms with Crippen molar-refractivity contribution in [3.8, 4) is 5.75 Å². The molecular formula is C16H18F3NO5. The molecule has 138 valence electrons. The number of carbonyl (C=O) groups is 2. The summed E-state index contributed by atoms with van der Waals surface area (Å²) < 4.78 is 46.4. The molecule has 0 aliphatic carbocycles. The molecule has 2 atom stereocenters. The van der Waals surface area contributed by atoms with E-state index in [4.69, 9.17) is 9.84 Å². The number of para-hydroxylation sites is 1. The van der Waals surface area contributed by atoms with Gasteiger partial charge in [0.2, 0.25) is 5.91 Å². The Labute approximate surface area is 142 Å². The monoisotopic (exact) mass is 361 g/mol. The van der Waals surface area contributed by atoms with Crippen LogP contribution in [0.5, 0.6) is 5.75 Å². The van der Waals surface area contributed by atoms with E-state index in [1.54, 1.807) is 13.0 Å². The van der Waals surface area contributed by atoms with E-state index in [0.717, 1.165) is 0 Å². The third kappa shape index (κ3) is 5.63. The quantitative estimate of drug-likeness (QED) is 0.870. The lowest BCUT2D eigenvalue weighted by Crippen LogP contribution is -2.51. The molecule has 1 N–H and O–H groups in total. The van der Waals surface area contributed by atoms with E-state index in [1.807, 2.05) is 0 Å². The van der Waals surface area contributed by atoms with Gasteiger partial charge in [0.25, 0.3) is 0 Å². The smallest absolute Gasteiger partial charge is 0.479 e. The molecule has 1 amide bonds. The highest BCUT2D eigenvalue weighted by Crippen LogP contribution is 2.27. The van der Waals surface area contributed by atoms with E-state index < -0.39 is 24.5 Å². The lowest BCUT2D eigenvalue weighted by Gasteiger charge is -2.35. The number of carboxylic acid groups (broad SMARTS) is 1. The standard InChI is InChI=1S/C16H18F3NO5/c1-10-8-20(9-13(24-10)15(22)23)14(21)7-6-11-4-2-3-5-12(11)25-16(17,18)19/h2-5,10,13H,6-9H2,1H3,(H,22,23)/t10-,13?/m1/s1. The minimum atomic E-state index is -4.81. The van der Waals surface area contributed by atoms with Crippen LogP contribution in [0.25, 0.3) is 0 Å². The summed E-state index contributed by atoms with van der Waals surface area (Å²) in [5.41, 5.74) is 0.254. The van der Waals surface area contributed by atoms with Crippen LogP contribution >= 0.6 is 0 Å². The van der Waals surface area contributed by atoms with Gasteiger partial charge in [0.1, 0.15) is 5.75 Å². The highest BCUT2D eigenvalue weighted by molar-refractivity contribution is 5.79. The van der Waals surface area contributed by atoms with Crippen molar-refractivity contribution in [1.29, 1.82) is 0 Å². The molecule has 6 nitrogen and oxygen atoms in total. The van der Waals surface area contributed by atoms with Crippen molar-refractivity contribution in [1.82, 2.24) is 4.90 Å². The van der Waals surface area contributed by atoms with E-state index in [0.29, 0.717) is 0 Å². The molecule has 25 heavy (non-hydrogen) atoms. The van der Waals surface area contributed by atoms with Crippen molar-refractivity contribution in [2.24, 2.45) is 0 Å². The van der Waals surface area contributed by atoms with Crippen LogP contribution in [0.2, 0.25) is 0 Å². The van der Waals surface area contributed by atoms with Gasteiger partial charge in [-0.2, -0.15) is 0 Å². The van der Waals surface area contributed by atoms with Gasteiger partial charge in [0.15, 0.2) is 6.10 Å². The van der Waals surface area contributed by atoms with Crippen LogP contribution in [0.15, 0.2) is 24.3 Å². The zero-order valence-corrected chi connectivity index (χ0v) is 13.5. The van der Waals surface area contributed by atoms with Gasteiger partial charge < -0.3 is 19.5 Å². The molecule has 0 spiro atoms. The second-order valence-corrected chi connectivity index (χ2v) is 5.73. The molecule has 9 heteroatoms. The molecule has 0 radical (unpaired) electrons. The summed E-state index contributed by atoms with van der Waals surface area (Å²) in [7, 11) is 0. The minimum absolute atomic E-state index is 0.0502. The number of rotatable bonds is 5. The van der Waals surface area contributed by atoms with Crippen LogP contribution in [0.4, 0.5) is 13.2 Å². The summed E-state index contributed by atoms with van der Waals surface area (Å²) in [5.74, 6) is -1.85. The molecule has 1 aromatic rings. The number of hydrogen-bond acceptors (Lipinski definition) is 4. The molecule has 1 aromatic carbocycles. The van der Waals surface area contributed by atoms with Crippen molar-refractivity contribution >= 4 is 11.9 Å². The molecule has 1 heterocycles. The van der Waals surface area contributed by atoms with Crippen molar-refractivity contribution in [2.45, 2.75) is 38.3 Å². The van der Waals surface area contributed by atoms with E-state index in [1.165, 1.54) is 23.1 Å². The Morgan fingerprint density at radius 3 is 2.64 bits per heavy atom. The van der Waals surface area contributed by atoms with E-state index in [-0.39, 0.29) is 43.2 Å². The molecule has 0 bridgehead atoms. The Morgan fingerprint density at radius 2 is 2.00 bits per heavy atom. The Hall–Kier alpha value is -2.29. The molecule has 1 saturated heterocycles. The molecule has 0 aromatic heterocycles. The van der Waals surface area contributed by atoms with Gasteiger partial charge in [-0.25, -0.2) is 4.79 Å². The van der Waals surface area contributed by atoms with Crippen molar-refractivity contribution in [3.63, 3.8) is 0 Å². The Morgan fingerprint density at radius 1 is 1.32 bits per heavy atom. The first-order valence-electron chi connectivity index (χ1n) is 7.65. The van der Waals surface area contributed by atoms with Crippen LogP contribution in [0.3, 0.4) is 0 Å². The number of amides is 1. The molecule has 1 aliphatic heterocycles. The molecule has 1 unspecified atom stereocenters. The van der Waals surface area contributed by atoms with Crippen LogP contribution in [-0.4, -0.2) is 53.5 Å². The second kappa shape index (κ2) is 7.73. The lowest BCUT2D eigenvalue weighted by atomic mass is 10.1. The number of halogens is 3. The number of morpholine rings is 1. The largest absolute Gasteiger partial charge is 0.573 e. The molecule has 1 aliphatic rings. The first-order valence-corrected chi connectivity index (χ1v) is 7.65. The normalized spacial score (nSPS) is 21.0. The predicted molar refractivity (Wildman–Crippen MR) is 80.0 cm³/mol. The van der Waals surface area contributed by atoms with Crippen molar-refractivity contribution in [2.75, 3.05) is 13.1 Å². The van der Waals surface area contributed by atoms with Gasteiger partial charge >= 0.3 is 12.3 Å². The fourth-order valence-electron chi connectivity index (χ4n) is 2.63. The average Bonchev–Trinajstić information content (AvgIpc) is 2.51. The maximum atomic E-state index is 12.4. The van der Waals surface area contributed by atoms with Crippen molar-refractivity contribution < 1.29 is 37.3 Å². The van der Waals surface area contributed by atoms with Crippen LogP contribution in [0.1, 0.15) is 18.9 Å². The number of ether oxygens (including phenoxy) is 2. The van der Waals surface area contributed by atoms with Gasteiger partial charge in [-0.05, 0) is 25.0 Å². The van der Waals surface area contributed by atoms with Crippen molar-refractivity contribution in [3.05, 3.63) is 29.8 Å². The zero-order chi connectivity index (χ0) is 18.6. The van der Waals surface area contributed by atoms with E-state index in [2.05, 4.69) is 4.74 Å². The van der Waals surface area contributed by atoms with Gasteiger partial charge in [-0.1, -0.05) is 18.2 Å². The van der Waals surface area contributed by atoms with Crippen LogP contribution in [-0.2, 0) is 20.7 Å². The number of benzene rings is 1. The summed E-state index contributed by atoms with van der Waals surface area (Å²) in [6.45, 7) is 1.81. The second-order valence-electron chi connectivity index (χ2n) is 5.73. The lowest BCUT2D eigenvalue weighted by molar-refractivity contribution is -0.274. The highest BCUT2D eigenvalue weighted by atomic mass is 19.4. The number of carbonyl (C=O) groups excluding carboxylic acids is 1. The molecule has 0 saturated carbocycles. The average molecular weight is 361 g/mol. The topological polar surface area (TPSA) is 76.1 Å². The number of nitrogens with zero attached hydrogens (tertiary/aromatic N) is 1. The molecule has 2 rings (SSSR count).